The summed E-state index contributed by atoms with van der Waals surface area (Å²) in [4.78, 5) is 12.0. The van der Waals surface area contributed by atoms with E-state index in [1.165, 1.54) is 25.7 Å². The number of nitrogens with zero attached hydrogens (tertiary/aromatic N) is 3. The Morgan fingerprint density at radius 3 is 2.64 bits per heavy atom. The molecule has 1 aliphatic heterocycles. The summed E-state index contributed by atoms with van der Waals surface area (Å²) in [7, 11) is 2.17. The van der Waals surface area contributed by atoms with Crippen LogP contribution in [-0.2, 0) is 0 Å². The van der Waals surface area contributed by atoms with E-state index in [4.69, 9.17) is 4.98 Å². The van der Waals surface area contributed by atoms with Crippen LogP contribution in [0.4, 0.5) is 5.82 Å². The predicted octanol–water partition coefficient (Wildman–Crippen LogP) is 2.83. The van der Waals surface area contributed by atoms with Crippen molar-refractivity contribution in [1.29, 1.82) is 0 Å². The van der Waals surface area contributed by atoms with E-state index in [9.17, 15) is 5.11 Å². The number of nitrogens with one attached hydrogen (secondary N) is 1. The summed E-state index contributed by atoms with van der Waals surface area (Å²) in [6, 6.07) is 0.980. The van der Waals surface area contributed by atoms with Gasteiger partial charge in [-0.15, -0.1) is 0 Å². The Balaban J connectivity index is 1.51. The molecule has 25 heavy (non-hydrogen) atoms. The number of hydrogen-bond acceptors (Lipinski definition) is 5. The van der Waals surface area contributed by atoms with Gasteiger partial charge in [0.25, 0.3) is 0 Å². The third-order valence-corrected chi connectivity index (χ3v) is 7.01. The first-order valence-electron chi connectivity index (χ1n) is 9.86. The van der Waals surface area contributed by atoms with Crippen molar-refractivity contribution in [2.75, 3.05) is 18.6 Å². The topological polar surface area (TPSA) is 61.3 Å². The Hall–Kier alpha value is -1.20. The van der Waals surface area contributed by atoms with Gasteiger partial charge in [-0.25, -0.2) is 4.98 Å². The van der Waals surface area contributed by atoms with Crippen molar-refractivity contribution in [3.63, 3.8) is 0 Å². The molecule has 1 aromatic rings. The number of anilines is 1. The molecule has 2 aliphatic carbocycles. The van der Waals surface area contributed by atoms with E-state index in [0.717, 1.165) is 23.6 Å². The van der Waals surface area contributed by atoms with Crippen LogP contribution in [0.15, 0.2) is 6.20 Å². The second-order valence-electron chi connectivity index (χ2n) is 9.02. The van der Waals surface area contributed by atoms with Gasteiger partial charge in [0.1, 0.15) is 5.82 Å². The van der Waals surface area contributed by atoms with Crippen LogP contribution >= 0.6 is 0 Å². The van der Waals surface area contributed by atoms with Crippen molar-refractivity contribution in [2.24, 2.45) is 17.3 Å². The van der Waals surface area contributed by atoms with E-state index in [-0.39, 0.29) is 18.7 Å². The molecular weight excluding hydrogens is 312 g/mol. The van der Waals surface area contributed by atoms with E-state index in [1.54, 1.807) is 0 Å². The van der Waals surface area contributed by atoms with Gasteiger partial charge in [0.2, 0.25) is 0 Å². The first kappa shape index (κ1) is 17.2. The van der Waals surface area contributed by atoms with Gasteiger partial charge in [-0.1, -0.05) is 13.8 Å². The van der Waals surface area contributed by atoms with Crippen LogP contribution in [0.25, 0.3) is 0 Å². The summed E-state index contributed by atoms with van der Waals surface area (Å²) in [6.45, 7) is 6.72. The molecule has 4 rings (SSSR count). The summed E-state index contributed by atoms with van der Waals surface area (Å²) in [6.07, 6.45) is 8.43. The molecule has 2 N–H and O–H groups in total. The maximum absolute atomic E-state index is 9.72. The lowest BCUT2D eigenvalue weighted by Gasteiger charge is -2.42. The third kappa shape index (κ3) is 3.06. The molecule has 5 heteroatoms. The molecular formula is C20H32N4O. The number of rotatable bonds is 5. The first-order chi connectivity index (χ1) is 11.9. The lowest BCUT2D eigenvalue weighted by Crippen LogP contribution is -2.44. The molecule has 0 aromatic carbocycles. The maximum Gasteiger partial charge on any atom is 0.147 e. The Labute approximate surface area is 151 Å². The van der Waals surface area contributed by atoms with E-state index in [1.807, 2.05) is 13.1 Å². The summed E-state index contributed by atoms with van der Waals surface area (Å²) < 4.78 is 0. The molecule has 0 amide bonds. The van der Waals surface area contributed by atoms with Crippen LogP contribution in [0.1, 0.15) is 63.4 Å². The summed E-state index contributed by atoms with van der Waals surface area (Å²) in [5.74, 6) is 2.04. The van der Waals surface area contributed by atoms with Crippen LogP contribution in [-0.4, -0.2) is 40.8 Å². The average molecular weight is 345 g/mol. The van der Waals surface area contributed by atoms with Crippen LogP contribution < -0.4 is 10.2 Å². The summed E-state index contributed by atoms with van der Waals surface area (Å²) in [5.41, 5.74) is 2.76. The van der Waals surface area contributed by atoms with Crippen molar-refractivity contribution >= 4 is 5.82 Å². The third-order valence-electron chi connectivity index (χ3n) is 7.01. The smallest absolute Gasteiger partial charge is 0.147 e. The highest BCUT2D eigenvalue weighted by Crippen LogP contribution is 2.61. The second kappa shape index (κ2) is 6.20. The molecule has 5 nitrogen and oxygen atoms in total. The molecule has 2 saturated carbocycles. The minimum Gasteiger partial charge on any atom is -0.395 e. The first-order valence-corrected chi connectivity index (χ1v) is 9.86. The largest absolute Gasteiger partial charge is 0.395 e. The van der Waals surface area contributed by atoms with Crippen molar-refractivity contribution in [3.05, 3.63) is 17.6 Å². The number of hydrogen-bond donors (Lipinski definition) is 2. The fourth-order valence-electron chi connectivity index (χ4n) is 4.94. The molecule has 1 saturated heterocycles. The van der Waals surface area contributed by atoms with Gasteiger partial charge in [0.05, 0.1) is 30.2 Å². The molecule has 3 aliphatic rings. The molecule has 0 radical (unpaired) electrons. The standard InChI is InChI=1S/C20H32N4O/c1-12(2)15-7-16(22-17(15)11-25)19-13(3)21-10-18(23-19)24(4)14-8-20(9-14)5-6-20/h10,12,14-17,22,25H,5-9,11H2,1-4H3. The normalized spacial score (nSPS) is 30.7. The van der Waals surface area contributed by atoms with Gasteiger partial charge >= 0.3 is 0 Å². The van der Waals surface area contributed by atoms with Crippen molar-refractivity contribution in [2.45, 2.75) is 71.0 Å². The predicted molar refractivity (Wildman–Crippen MR) is 99.6 cm³/mol. The zero-order valence-electron chi connectivity index (χ0n) is 16.0. The van der Waals surface area contributed by atoms with E-state index in [2.05, 4.69) is 36.1 Å². The molecule has 3 atom stereocenters. The maximum atomic E-state index is 9.72. The SMILES string of the molecule is Cc1ncc(N(C)C2CC3(CC3)C2)nc1C1CC(C(C)C)C(CO)N1. The minimum atomic E-state index is 0.161. The lowest BCUT2D eigenvalue weighted by atomic mass is 9.76. The van der Waals surface area contributed by atoms with E-state index < -0.39 is 0 Å². The highest BCUT2D eigenvalue weighted by atomic mass is 16.3. The van der Waals surface area contributed by atoms with Gasteiger partial charge in [0.15, 0.2) is 0 Å². The molecule has 1 spiro atoms. The Bertz CT molecular complexity index is 635. The highest BCUT2D eigenvalue weighted by molar-refractivity contribution is 5.40. The number of aliphatic hydroxyl groups excluding tert-OH is 1. The molecule has 138 valence electrons. The van der Waals surface area contributed by atoms with Crippen LogP contribution in [0.3, 0.4) is 0 Å². The van der Waals surface area contributed by atoms with Crippen molar-refractivity contribution < 1.29 is 5.11 Å². The zero-order chi connectivity index (χ0) is 17.8. The monoisotopic (exact) mass is 344 g/mol. The molecule has 3 fully saturated rings. The highest BCUT2D eigenvalue weighted by Gasteiger charge is 2.54. The van der Waals surface area contributed by atoms with E-state index >= 15 is 0 Å². The van der Waals surface area contributed by atoms with Crippen LogP contribution in [0.5, 0.6) is 0 Å². The van der Waals surface area contributed by atoms with Crippen molar-refractivity contribution in [1.82, 2.24) is 15.3 Å². The van der Waals surface area contributed by atoms with E-state index in [0.29, 0.717) is 23.3 Å². The van der Waals surface area contributed by atoms with Crippen LogP contribution in [0.2, 0.25) is 0 Å². The number of aryl methyl sites for hydroxylation is 1. The van der Waals surface area contributed by atoms with Gasteiger partial charge in [-0.05, 0) is 56.3 Å². The molecule has 0 bridgehead atoms. The summed E-state index contributed by atoms with van der Waals surface area (Å²) in [5, 5.41) is 13.3. The quantitative estimate of drug-likeness (QED) is 0.860. The second-order valence-corrected chi connectivity index (χ2v) is 9.02. The molecule has 2 heterocycles. The lowest BCUT2D eigenvalue weighted by molar-refractivity contribution is 0.204. The fourth-order valence-corrected chi connectivity index (χ4v) is 4.94. The van der Waals surface area contributed by atoms with Gasteiger partial charge < -0.3 is 15.3 Å². The van der Waals surface area contributed by atoms with Gasteiger partial charge in [0, 0.05) is 19.1 Å². The van der Waals surface area contributed by atoms with Crippen molar-refractivity contribution in [3.8, 4) is 0 Å². The van der Waals surface area contributed by atoms with Gasteiger partial charge in [-0.3, -0.25) is 4.98 Å². The molecule has 3 unspecified atom stereocenters. The molecule has 1 aromatic heterocycles. The van der Waals surface area contributed by atoms with Gasteiger partial charge in [-0.2, -0.15) is 0 Å². The van der Waals surface area contributed by atoms with Crippen LogP contribution in [0, 0.1) is 24.2 Å². The Morgan fingerprint density at radius 1 is 1.36 bits per heavy atom. The Morgan fingerprint density at radius 2 is 2.08 bits per heavy atom. The minimum absolute atomic E-state index is 0.161. The fraction of sp³-hybridized carbons (Fsp3) is 0.800. The summed E-state index contributed by atoms with van der Waals surface area (Å²) >= 11 is 0. The number of aliphatic hydroxyl groups is 1. The number of aromatic nitrogens is 2. The Kier molecular flexibility index (Phi) is 4.27. The zero-order valence-corrected chi connectivity index (χ0v) is 16.0. The average Bonchev–Trinajstić information content (AvgIpc) is 3.25.